The normalized spacial score (nSPS) is 22.7. The van der Waals surface area contributed by atoms with Crippen LogP contribution in [-0.4, -0.2) is 39.8 Å². The summed E-state index contributed by atoms with van der Waals surface area (Å²) < 4.78 is 0. The third-order valence-corrected chi connectivity index (χ3v) is 6.54. The number of anilines is 1. The minimum atomic E-state index is 0. The molecule has 0 bridgehead atoms. The summed E-state index contributed by atoms with van der Waals surface area (Å²) >= 11 is 1.68. The number of aromatic nitrogens is 2. The van der Waals surface area contributed by atoms with Gasteiger partial charge >= 0.3 is 0 Å². The number of thiazole rings is 1. The second-order valence-corrected chi connectivity index (χ2v) is 8.45. The first kappa shape index (κ1) is 19.5. The Morgan fingerprint density at radius 2 is 2.17 bits per heavy atom. The highest BCUT2D eigenvalue weighted by molar-refractivity contribution is 7.10. The van der Waals surface area contributed by atoms with E-state index in [1.165, 1.54) is 5.57 Å². The van der Waals surface area contributed by atoms with Crippen LogP contribution in [0.1, 0.15) is 36.4 Å². The molecule has 2 amide bonds. The molecule has 0 spiro atoms. The van der Waals surface area contributed by atoms with Crippen LogP contribution in [0.15, 0.2) is 36.0 Å². The standard InChI is InChI=1S/C21H20N4O2S.CH4/c26-18-3-2-14-7-13(10-23-20(14)24-18)1-4-19(27)25-11-16-8-15(9-17(16)12-25)21-22-5-6-28-21;/h1,4-8,10,16-17H,2-3,9,11-12H2,(H,23,24,26);1H4/b4-1+;. The number of carbonyl (C=O) groups excluding carboxylic acids is 2. The van der Waals surface area contributed by atoms with Crippen LogP contribution in [0.4, 0.5) is 5.82 Å². The van der Waals surface area contributed by atoms with Crippen LogP contribution in [0.5, 0.6) is 0 Å². The minimum absolute atomic E-state index is 0. The molecule has 1 fully saturated rings. The molecular formula is C22H24N4O2S. The maximum absolute atomic E-state index is 12.6. The van der Waals surface area contributed by atoms with Gasteiger partial charge in [-0.2, -0.15) is 0 Å². The Morgan fingerprint density at radius 1 is 1.28 bits per heavy atom. The van der Waals surface area contributed by atoms with Crippen molar-refractivity contribution < 1.29 is 9.59 Å². The molecular weight excluding hydrogens is 384 g/mol. The van der Waals surface area contributed by atoms with Gasteiger partial charge in [-0.1, -0.05) is 13.5 Å². The third kappa shape index (κ3) is 3.87. The first-order valence-electron chi connectivity index (χ1n) is 9.52. The minimum Gasteiger partial charge on any atom is -0.338 e. The highest BCUT2D eigenvalue weighted by Crippen LogP contribution is 2.41. The van der Waals surface area contributed by atoms with Crippen LogP contribution >= 0.6 is 11.3 Å². The van der Waals surface area contributed by atoms with Crippen LogP contribution < -0.4 is 5.32 Å². The first-order valence-corrected chi connectivity index (χ1v) is 10.4. The molecule has 1 aliphatic carbocycles. The van der Waals surface area contributed by atoms with Gasteiger partial charge in [0.15, 0.2) is 0 Å². The maximum atomic E-state index is 12.6. The van der Waals surface area contributed by atoms with Gasteiger partial charge < -0.3 is 10.2 Å². The van der Waals surface area contributed by atoms with E-state index in [1.807, 2.05) is 28.6 Å². The highest BCUT2D eigenvalue weighted by atomic mass is 32.1. The molecule has 29 heavy (non-hydrogen) atoms. The number of hydrogen-bond donors (Lipinski definition) is 1. The van der Waals surface area contributed by atoms with E-state index in [0.717, 1.165) is 35.6 Å². The van der Waals surface area contributed by atoms with Gasteiger partial charge in [0.25, 0.3) is 0 Å². The molecule has 4 heterocycles. The monoisotopic (exact) mass is 408 g/mol. The summed E-state index contributed by atoms with van der Waals surface area (Å²) in [4.78, 5) is 34.7. The number of aryl methyl sites for hydroxylation is 1. The predicted octanol–water partition coefficient (Wildman–Crippen LogP) is 3.63. The second kappa shape index (κ2) is 7.91. The van der Waals surface area contributed by atoms with Gasteiger partial charge in [-0.05, 0) is 53.5 Å². The lowest BCUT2D eigenvalue weighted by Crippen LogP contribution is -2.27. The maximum Gasteiger partial charge on any atom is 0.246 e. The average molecular weight is 409 g/mol. The van der Waals surface area contributed by atoms with Gasteiger partial charge in [-0.3, -0.25) is 9.59 Å². The highest BCUT2D eigenvalue weighted by Gasteiger charge is 2.38. The first-order chi connectivity index (χ1) is 13.7. The molecule has 5 rings (SSSR count). The number of likely N-dealkylation sites (tertiary alicyclic amines) is 1. The number of nitrogens with zero attached hydrogens (tertiary/aromatic N) is 3. The summed E-state index contributed by atoms with van der Waals surface area (Å²) in [7, 11) is 0. The molecule has 2 unspecified atom stereocenters. The van der Waals surface area contributed by atoms with Gasteiger partial charge in [0.05, 0.1) is 0 Å². The van der Waals surface area contributed by atoms with Crippen LogP contribution in [0.2, 0.25) is 0 Å². The van der Waals surface area contributed by atoms with Gasteiger partial charge in [-0.25, -0.2) is 9.97 Å². The van der Waals surface area contributed by atoms with Crippen molar-refractivity contribution in [2.24, 2.45) is 11.8 Å². The van der Waals surface area contributed by atoms with E-state index in [-0.39, 0.29) is 19.2 Å². The smallest absolute Gasteiger partial charge is 0.246 e. The van der Waals surface area contributed by atoms with Crippen molar-refractivity contribution >= 4 is 40.6 Å². The van der Waals surface area contributed by atoms with Crippen LogP contribution in [0.3, 0.4) is 0 Å². The lowest BCUT2D eigenvalue weighted by Gasteiger charge is -2.16. The molecule has 6 nitrogen and oxygen atoms in total. The summed E-state index contributed by atoms with van der Waals surface area (Å²) in [5.74, 6) is 1.63. The van der Waals surface area contributed by atoms with E-state index in [9.17, 15) is 9.59 Å². The number of carbonyl (C=O) groups is 2. The lowest BCUT2D eigenvalue weighted by atomic mass is 10.00. The van der Waals surface area contributed by atoms with E-state index in [4.69, 9.17) is 0 Å². The molecule has 1 N–H and O–H groups in total. The van der Waals surface area contributed by atoms with E-state index in [2.05, 4.69) is 21.4 Å². The van der Waals surface area contributed by atoms with Gasteiger partial charge in [-0.15, -0.1) is 11.3 Å². The zero-order chi connectivity index (χ0) is 19.1. The van der Waals surface area contributed by atoms with Crippen LogP contribution in [0, 0.1) is 11.8 Å². The quantitative estimate of drug-likeness (QED) is 0.787. The van der Waals surface area contributed by atoms with Crippen LogP contribution in [0.25, 0.3) is 11.6 Å². The van der Waals surface area contributed by atoms with Crippen LogP contribution in [-0.2, 0) is 16.0 Å². The fourth-order valence-electron chi connectivity index (χ4n) is 4.27. The molecule has 7 heteroatoms. The topological polar surface area (TPSA) is 75.2 Å². The molecule has 2 aliphatic heterocycles. The van der Waals surface area contributed by atoms with Crippen molar-refractivity contribution in [3.63, 3.8) is 0 Å². The summed E-state index contributed by atoms with van der Waals surface area (Å²) in [6.07, 6.45) is 11.5. The van der Waals surface area contributed by atoms with E-state index in [0.29, 0.717) is 30.5 Å². The molecule has 150 valence electrons. The molecule has 2 aromatic heterocycles. The summed E-state index contributed by atoms with van der Waals surface area (Å²) in [5.41, 5.74) is 3.23. The number of rotatable bonds is 3. The number of nitrogens with one attached hydrogen (secondary N) is 1. The fourth-order valence-corrected chi connectivity index (χ4v) is 4.94. The molecule has 0 aromatic carbocycles. The summed E-state index contributed by atoms with van der Waals surface area (Å²) in [5, 5.41) is 5.90. The summed E-state index contributed by atoms with van der Waals surface area (Å²) in [6.45, 7) is 1.57. The Balaban J connectivity index is 0.00000205. The van der Waals surface area contributed by atoms with E-state index < -0.39 is 0 Å². The molecule has 0 radical (unpaired) electrons. The molecule has 2 aromatic rings. The van der Waals surface area contributed by atoms with Gasteiger partial charge in [0, 0.05) is 43.4 Å². The van der Waals surface area contributed by atoms with Crippen molar-refractivity contribution in [3.05, 3.63) is 52.1 Å². The Kier molecular flexibility index (Phi) is 5.32. The molecule has 3 aliphatic rings. The lowest BCUT2D eigenvalue weighted by molar-refractivity contribution is -0.125. The second-order valence-electron chi connectivity index (χ2n) is 7.56. The number of amides is 2. The van der Waals surface area contributed by atoms with Gasteiger partial charge in [0.1, 0.15) is 10.8 Å². The van der Waals surface area contributed by atoms with Crippen molar-refractivity contribution in [3.8, 4) is 0 Å². The number of hydrogen-bond acceptors (Lipinski definition) is 5. The third-order valence-electron chi connectivity index (χ3n) is 5.69. The zero-order valence-electron chi connectivity index (χ0n) is 15.3. The fraction of sp³-hybridized carbons (Fsp3) is 0.364. The molecule has 1 saturated heterocycles. The van der Waals surface area contributed by atoms with Crippen molar-refractivity contribution in [2.45, 2.75) is 26.7 Å². The van der Waals surface area contributed by atoms with E-state index in [1.54, 1.807) is 23.6 Å². The SMILES string of the molecule is C.O=C1CCc2cc(/C=C/C(=O)N3CC4C=C(c5nccs5)CC4C3)cnc2N1. The molecule has 2 atom stereocenters. The predicted molar refractivity (Wildman–Crippen MR) is 115 cm³/mol. The number of fused-ring (bicyclic) bond motifs is 2. The average Bonchev–Trinajstić information content (AvgIpc) is 3.41. The number of allylic oxidation sites excluding steroid dienone is 1. The van der Waals surface area contributed by atoms with Crippen molar-refractivity contribution in [2.75, 3.05) is 18.4 Å². The Bertz CT molecular complexity index is 996. The summed E-state index contributed by atoms with van der Waals surface area (Å²) in [6, 6.07) is 1.99. The Hall–Kier alpha value is -2.80. The van der Waals surface area contributed by atoms with Crippen molar-refractivity contribution in [1.82, 2.24) is 14.9 Å². The number of pyridine rings is 1. The van der Waals surface area contributed by atoms with Gasteiger partial charge in [0.2, 0.25) is 11.8 Å². The molecule has 0 saturated carbocycles. The zero-order valence-corrected chi connectivity index (χ0v) is 16.1. The largest absolute Gasteiger partial charge is 0.338 e. The Morgan fingerprint density at radius 3 is 2.97 bits per heavy atom. The Labute approximate surface area is 174 Å². The van der Waals surface area contributed by atoms with E-state index >= 15 is 0 Å². The van der Waals surface area contributed by atoms with Crippen molar-refractivity contribution in [1.29, 1.82) is 0 Å².